The minimum atomic E-state index is -1.32. The summed E-state index contributed by atoms with van der Waals surface area (Å²) in [6.45, 7) is 10.3. The summed E-state index contributed by atoms with van der Waals surface area (Å²) in [5.74, 6) is -3.56. The first-order chi connectivity index (χ1) is 10.8. The van der Waals surface area contributed by atoms with Gasteiger partial charge in [-0.3, -0.25) is 9.59 Å². The Morgan fingerprint density at radius 2 is 1.26 bits per heavy atom. The van der Waals surface area contributed by atoms with Gasteiger partial charge in [-0.1, -0.05) is 79.6 Å². The van der Waals surface area contributed by atoms with Crippen molar-refractivity contribution in [2.45, 2.75) is 86.0 Å². The molecule has 0 heterocycles. The highest BCUT2D eigenvalue weighted by atomic mass is 16.4. The molecule has 0 aromatic carbocycles. The highest BCUT2D eigenvalue weighted by Gasteiger charge is 2.52. The zero-order chi connectivity index (χ0) is 18.0. The number of rotatable bonds is 13. The minimum absolute atomic E-state index is 0.0702. The van der Waals surface area contributed by atoms with Crippen LogP contribution in [0.1, 0.15) is 86.0 Å². The van der Waals surface area contributed by atoms with Crippen molar-refractivity contribution >= 4 is 11.9 Å². The fraction of sp³-hybridized carbons (Fsp3) is 0.895. The van der Waals surface area contributed by atoms with Crippen LogP contribution in [0.3, 0.4) is 0 Å². The lowest BCUT2D eigenvalue weighted by atomic mass is 9.56. The maximum Gasteiger partial charge on any atom is 0.318 e. The highest BCUT2D eigenvalue weighted by Crippen LogP contribution is 2.50. The SMILES string of the molecule is CCCCCCCC(C(C)CC)(C(C)CC)C(C(=O)O)C(=O)O. The van der Waals surface area contributed by atoms with Crippen molar-refractivity contribution in [2.24, 2.45) is 23.2 Å². The van der Waals surface area contributed by atoms with Crippen molar-refractivity contribution in [1.29, 1.82) is 0 Å². The third-order valence-electron chi connectivity index (χ3n) is 5.80. The smallest absolute Gasteiger partial charge is 0.318 e. The predicted molar refractivity (Wildman–Crippen MR) is 93.5 cm³/mol. The Labute approximate surface area is 141 Å². The molecule has 0 aromatic heterocycles. The molecule has 0 aliphatic rings. The Kier molecular flexibility index (Phi) is 10.2. The molecule has 2 unspecified atom stereocenters. The Bertz CT molecular complexity index is 340. The molecule has 2 atom stereocenters. The molecule has 2 N–H and O–H groups in total. The number of unbranched alkanes of at least 4 members (excludes halogenated alkanes) is 4. The number of carboxylic acids is 2. The fourth-order valence-electron chi connectivity index (χ4n) is 4.05. The second-order valence-electron chi connectivity index (χ2n) is 7.00. The highest BCUT2D eigenvalue weighted by molar-refractivity contribution is 5.94. The van der Waals surface area contributed by atoms with E-state index in [0.29, 0.717) is 6.42 Å². The summed E-state index contributed by atoms with van der Waals surface area (Å²) in [5.41, 5.74) is -0.673. The van der Waals surface area contributed by atoms with E-state index in [9.17, 15) is 19.8 Å². The van der Waals surface area contributed by atoms with Crippen LogP contribution >= 0.6 is 0 Å². The van der Waals surface area contributed by atoms with Crippen LogP contribution in [0.25, 0.3) is 0 Å². The van der Waals surface area contributed by atoms with Crippen LogP contribution in [0, 0.1) is 23.2 Å². The van der Waals surface area contributed by atoms with Crippen molar-refractivity contribution in [3.8, 4) is 0 Å². The molecule has 0 radical (unpaired) electrons. The molecule has 0 aliphatic carbocycles. The summed E-state index contributed by atoms with van der Waals surface area (Å²) in [6.07, 6.45) is 7.73. The molecule has 0 amide bonds. The molecule has 0 aromatic rings. The normalized spacial score (nSPS) is 16.8. The Morgan fingerprint density at radius 1 is 0.826 bits per heavy atom. The maximum absolute atomic E-state index is 11.8. The molecule has 0 spiro atoms. The second-order valence-corrected chi connectivity index (χ2v) is 7.00. The predicted octanol–water partition coefficient (Wildman–Crippen LogP) is 5.21. The topological polar surface area (TPSA) is 74.6 Å². The van der Waals surface area contributed by atoms with E-state index in [0.717, 1.165) is 38.5 Å². The minimum Gasteiger partial charge on any atom is -0.481 e. The van der Waals surface area contributed by atoms with Crippen LogP contribution in [-0.2, 0) is 9.59 Å². The van der Waals surface area contributed by atoms with Gasteiger partial charge in [0.1, 0.15) is 0 Å². The molecule has 136 valence electrons. The van der Waals surface area contributed by atoms with Crippen molar-refractivity contribution in [2.75, 3.05) is 0 Å². The molecular weight excluding hydrogens is 292 g/mol. The molecule has 0 fully saturated rings. The van der Waals surface area contributed by atoms with Gasteiger partial charge in [-0.15, -0.1) is 0 Å². The van der Waals surface area contributed by atoms with E-state index < -0.39 is 23.3 Å². The number of carboxylic acid groups (broad SMARTS) is 2. The lowest BCUT2D eigenvalue weighted by Gasteiger charge is -2.46. The van der Waals surface area contributed by atoms with Crippen LogP contribution in [0.5, 0.6) is 0 Å². The van der Waals surface area contributed by atoms with Gasteiger partial charge < -0.3 is 10.2 Å². The zero-order valence-electron chi connectivity index (χ0n) is 15.6. The molecule has 0 saturated carbocycles. The number of carbonyl (C=O) groups is 2. The number of hydrogen-bond donors (Lipinski definition) is 2. The zero-order valence-corrected chi connectivity index (χ0v) is 15.6. The van der Waals surface area contributed by atoms with Crippen LogP contribution in [0.15, 0.2) is 0 Å². The lowest BCUT2D eigenvalue weighted by molar-refractivity contribution is -0.168. The summed E-state index contributed by atoms with van der Waals surface area (Å²) in [6, 6.07) is 0. The molecule has 4 nitrogen and oxygen atoms in total. The van der Waals surface area contributed by atoms with E-state index in [1.165, 1.54) is 6.42 Å². The summed E-state index contributed by atoms with van der Waals surface area (Å²) in [4.78, 5) is 23.6. The van der Waals surface area contributed by atoms with Crippen LogP contribution < -0.4 is 0 Å². The van der Waals surface area contributed by atoms with Crippen LogP contribution in [-0.4, -0.2) is 22.2 Å². The monoisotopic (exact) mass is 328 g/mol. The van der Waals surface area contributed by atoms with Gasteiger partial charge in [-0.25, -0.2) is 0 Å². The Hall–Kier alpha value is -1.06. The van der Waals surface area contributed by atoms with E-state index >= 15 is 0 Å². The summed E-state index contributed by atoms with van der Waals surface area (Å²) in [7, 11) is 0. The molecule has 0 rings (SSSR count). The van der Waals surface area contributed by atoms with E-state index in [-0.39, 0.29) is 11.8 Å². The largest absolute Gasteiger partial charge is 0.481 e. The molecule has 0 bridgehead atoms. The Morgan fingerprint density at radius 3 is 1.61 bits per heavy atom. The van der Waals surface area contributed by atoms with Gasteiger partial charge in [0.2, 0.25) is 0 Å². The first kappa shape index (κ1) is 21.9. The van der Waals surface area contributed by atoms with Crippen LogP contribution in [0.4, 0.5) is 0 Å². The molecule has 0 saturated heterocycles. The summed E-state index contributed by atoms with van der Waals surface area (Å²) < 4.78 is 0. The van der Waals surface area contributed by atoms with E-state index in [1.807, 2.05) is 27.7 Å². The Balaban J connectivity index is 5.59. The maximum atomic E-state index is 11.8. The average Bonchev–Trinajstić information content (AvgIpc) is 2.50. The third kappa shape index (κ3) is 5.50. The van der Waals surface area contributed by atoms with Gasteiger partial charge in [-0.05, 0) is 23.7 Å². The third-order valence-corrected chi connectivity index (χ3v) is 5.80. The fourth-order valence-corrected chi connectivity index (χ4v) is 4.05. The molecular formula is C19H36O4. The quantitative estimate of drug-likeness (QED) is 0.359. The van der Waals surface area contributed by atoms with Crippen molar-refractivity contribution in [3.05, 3.63) is 0 Å². The van der Waals surface area contributed by atoms with Gasteiger partial charge in [-0.2, -0.15) is 0 Å². The van der Waals surface area contributed by atoms with Gasteiger partial charge in [0.15, 0.2) is 5.92 Å². The van der Waals surface area contributed by atoms with Crippen LogP contribution in [0.2, 0.25) is 0 Å². The number of aliphatic carboxylic acids is 2. The first-order valence-corrected chi connectivity index (χ1v) is 9.24. The van der Waals surface area contributed by atoms with Gasteiger partial charge in [0.25, 0.3) is 0 Å². The lowest BCUT2D eigenvalue weighted by Crippen LogP contribution is -2.49. The van der Waals surface area contributed by atoms with E-state index in [2.05, 4.69) is 6.92 Å². The number of hydrogen-bond acceptors (Lipinski definition) is 2. The second kappa shape index (κ2) is 10.7. The summed E-state index contributed by atoms with van der Waals surface area (Å²) >= 11 is 0. The van der Waals surface area contributed by atoms with Gasteiger partial charge in [0, 0.05) is 0 Å². The van der Waals surface area contributed by atoms with Gasteiger partial charge in [0.05, 0.1) is 0 Å². The standard InChI is InChI=1S/C19H36O4/c1-6-9-10-11-12-13-19(14(4)7-2,15(5)8-3)16(17(20)21)18(22)23/h14-16H,6-13H2,1-5H3,(H,20,21)(H,22,23). The molecule has 0 aliphatic heterocycles. The van der Waals surface area contributed by atoms with E-state index in [1.54, 1.807) is 0 Å². The molecule has 23 heavy (non-hydrogen) atoms. The first-order valence-electron chi connectivity index (χ1n) is 9.24. The van der Waals surface area contributed by atoms with Crippen molar-refractivity contribution in [1.82, 2.24) is 0 Å². The molecule has 4 heteroatoms. The van der Waals surface area contributed by atoms with Crippen molar-refractivity contribution in [3.63, 3.8) is 0 Å². The van der Waals surface area contributed by atoms with E-state index in [4.69, 9.17) is 0 Å². The summed E-state index contributed by atoms with van der Waals surface area (Å²) in [5, 5.41) is 19.3. The van der Waals surface area contributed by atoms with Crippen molar-refractivity contribution < 1.29 is 19.8 Å². The average molecular weight is 328 g/mol. The van der Waals surface area contributed by atoms with Gasteiger partial charge >= 0.3 is 11.9 Å².